The minimum Gasteiger partial charge on any atom is -0.314 e. The van der Waals surface area contributed by atoms with E-state index >= 15 is 0 Å². The van der Waals surface area contributed by atoms with E-state index in [-0.39, 0.29) is 5.41 Å². The van der Waals surface area contributed by atoms with Gasteiger partial charge in [-0.1, -0.05) is 40.0 Å². The molecule has 0 aromatic rings. The first kappa shape index (κ1) is 19.0. The van der Waals surface area contributed by atoms with Crippen LogP contribution < -0.4 is 5.32 Å². The molecule has 0 aromatic heterocycles. The molecular formula is C17H35NO2S. The maximum absolute atomic E-state index is 11.5. The van der Waals surface area contributed by atoms with E-state index < -0.39 is 9.84 Å². The zero-order chi connectivity index (χ0) is 15.9. The molecule has 0 radical (unpaired) electrons. The van der Waals surface area contributed by atoms with Crippen LogP contribution in [0, 0.1) is 11.3 Å². The molecule has 0 saturated heterocycles. The molecule has 0 bridgehead atoms. The summed E-state index contributed by atoms with van der Waals surface area (Å²) >= 11 is 0. The molecule has 0 heterocycles. The Bertz CT molecular complexity index is 382. The Morgan fingerprint density at radius 3 is 2.33 bits per heavy atom. The predicted octanol–water partition coefficient (Wildman–Crippen LogP) is 3.79. The van der Waals surface area contributed by atoms with Gasteiger partial charge in [-0.3, -0.25) is 0 Å². The van der Waals surface area contributed by atoms with Crippen molar-refractivity contribution in [3.63, 3.8) is 0 Å². The van der Waals surface area contributed by atoms with Gasteiger partial charge < -0.3 is 5.32 Å². The van der Waals surface area contributed by atoms with Gasteiger partial charge in [0, 0.05) is 18.8 Å². The van der Waals surface area contributed by atoms with Gasteiger partial charge in [0.25, 0.3) is 0 Å². The summed E-state index contributed by atoms with van der Waals surface area (Å²) in [5.41, 5.74) is 0.204. The first-order valence-corrected chi connectivity index (χ1v) is 10.7. The zero-order valence-electron chi connectivity index (χ0n) is 14.5. The molecule has 1 aliphatic carbocycles. The van der Waals surface area contributed by atoms with Gasteiger partial charge in [0.05, 0.1) is 5.75 Å². The van der Waals surface area contributed by atoms with Crippen molar-refractivity contribution < 1.29 is 8.42 Å². The number of rotatable bonds is 9. The van der Waals surface area contributed by atoms with Crippen LogP contribution in [0.25, 0.3) is 0 Å². The van der Waals surface area contributed by atoms with Gasteiger partial charge in [-0.25, -0.2) is 8.42 Å². The Morgan fingerprint density at radius 2 is 1.86 bits per heavy atom. The molecule has 21 heavy (non-hydrogen) atoms. The summed E-state index contributed by atoms with van der Waals surface area (Å²) in [6.07, 6.45) is 11.1. The van der Waals surface area contributed by atoms with Crippen LogP contribution >= 0.6 is 0 Å². The largest absolute Gasteiger partial charge is 0.314 e. The summed E-state index contributed by atoms with van der Waals surface area (Å²) in [6, 6.07) is 0.470. The molecule has 0 aliphatic heterocycles. The number of hydrogen-bond donors (Lipinski definition) is 1. The summed E-state index contributed by atoms with van der Waals surface area (Å²) in [4.78, 5) is 0. The highest BCUT2D eigenvalue weighted by atomic mass is 32.2. The van der Waals surface area contributed by atoms with Crippen LogP contribution in [-0.4, -0.2) is 33.0 Å². The van der Waals surface area contributed by atoms with E-state index in [9.17, 15) is 8.42 Å². The van der Waals surface area contributed by atoms with Crippen molar-refractivity contribution in [1.82, 2.24) is 5.32 Å². The van der Waals surface area contributed by atoms with Crippen molar-refractivity contribution in [2.24, 2.45) is 11.3 Å². The molecule has 4 heteroatoms. The number of unbranched alkanes of at least 4 members (excludes halogenated alkanes) is 1. The smallest absolute Gasteiger partial charge is 0.147 e. The fraction of sp³-hybridized carbons (Fsp3) is 1.00. The third kappa shape index (κ3) is 7.64. The lowest BCUT2D eigenvalue weighted by Crippen LogP contribution is -2.41. The summed E-state index contributed by atoms with van der Waals surface area (Å²) < 4.78 is 23.1. The van der Waals surface area contributed by atoms with Gasteiger partial charge in [-0.05, 0) is 43.4 Å². The fourth-order valence-electron chi connectivity index (χ4n) is 3.41. The maximum atomic E-state index is 11.5. The molecule has 1 saturated carbocycles. The third-order valence-corrected chi connectivity index (χ3v) is 5.97. The quantitative estimate of drug-likeness (QED) is 0.704. The van der Waals surface area contributed by atoms with E-state index in [4.69, 9.17) is 0 Å². The third-order valence-electron chi connectivity index (χ3n) is 5.02. The lowest BCUT2D eigenvalue weighted by atomic mass is 9.68. The first-order chi connectivity index (χ1) is 9.76. The van der Waals surface area contributed by atoms with Crippen LogP contribution in [0.15, 0.2) is 0 Å². The SMILES string of the molecule is CCCCC1CCC(CCS(C)(=O)=O)(CNC(C)C)CC1. The summed E-state index contributed by atoms with van der Waals surface area (Å²) in [5.74, 6) is 1.21. The first-order valence-electron chi connectivity index (χ1n) is 8.67. The minimum absolute atomic E-state index is 0.204. The monoisotopic (exact) mass is 317 g/mol. The zero-order valence-corrected chi connectivity index (χ0v) is 15.3. The highest BCUT2D eigenvalue weighted by molar-refractivity contribution is 7.90. The molecule has 1 N–H and O–H groups in total. The molecule has 1 rings (SSSR count). The molecule has 1 fully saturated rings. The van der Waals surface area contributed by atoms with Crippen LogP contribution in [-0.2, 0) is 9.84 Å². The van der Waals surface area contributed by atoms with Gasteiger partial charge in [-0.2, -0.15) is 0 Å². The molecule has 0 atom stereocenters. The second-order valence-electron chi connectivity index (χ2n) is 7.50. The standard InChI is InChI=1S/C17H35NO2S/c1-5-6-7-16-8-10-17(11-9-16,14-18-15(2)3)12-13-21(4,19)20/h15-16,18H,5-14H2,1-4H3. The van der Waals surface area contributed by atoms with Crippen LogP contribution in [0.2, 0.25) is 0 Å². The van der Waals surface area contributed by atoms with E-state index in [1.807, 2.05) is 0 Å². The fourth-order valence-corrected chi connectivity index (χ4v) is 4.21. The van der Waals surface area contributed by atoms with Gasteiger partial charge in [-0.15, -0.1) is 0 Å². The number of nitrogens with one attached hydrogen (secondary N) is 1. The second kappa shape index (κ2) is 8.52. The average Bonchev–Trinajstić information content (AvgIpc) is 2.42. The van der Waals surface area contributed by atoms with Crippen molar-refractivity contribution in [2.75, 3.05) is 18.6 Å². The van der Waals surface area contributed by atoms with E-state index in [1.54, 1.807) is 0 Å². The molecule has 1 aliphatic rings. The van der Waals surface area contributed by atoms with E-state index in [0.717, 1.165) is 18.9 Å². The molecule has 0 amide bonds. The van der Waals surface area contributed by atoms with Gasteiger partial charge >= 0.3 is 0 Å². The summed E-state index contributed by atoms with van der Waals surface area (Å²) in [6.45, 7) is 7.56. The molecular weight excluding hydrogens is 282 g/mol. The van der Waals surface area contributed by atoms with Gasteiger partial charge in [0.2, 0.25) is 0 Å². The van der Waals surface area contributed by atoms with Crippen molar-refractivity contribution in [3.8, 4) is 0 Å². The van der Waals surface area contributed by atoms with Crippen LogP contribution in [0.1, 0.15) is 72.1 Å². The Hall–Kier alpha value is -0.0900. The topological polar surface area (TPSA) is 46.2 Å². The molecule has 126 valence electrons. The molecule has 0 spiro atoms. The van der Waals surface area contributed by atoms with Gasteiger partial charge in [0.15, 0.2) is 0 Å². The molecule has 3 nitrogen and oxygen atoms in total. The van der Waals surface area contributed by atoms with Crippen molar-refractivity contribution in [1.29, 1.82) is 0 Å². The van der Waals surface area contributed by atoms with E-state index in [1.165, 1.54) is 51.2 Å². The Morgan fingerprint density at radius 1 is 1.24 bits per heavy atom. The van der Waals surface area contributed by atoms with Crippen LogP contribution in [0.4, 0.5) is 0 Å². The Labute approximate surface area is 132 Å². The molecule has 0 aromatic carbocycles. The van der Waals surface area contributed by atoms with Crippen LogP contribution in [0.5, 0.6) is 0 Å². The van der Waals surface area contributed by atoms with E-state index in [0.29, 0.717) is 11.8 Å². The molecule has 0 unspecified atom stereocenters. The summed E-state index contributed by atoms with van der Waals surface area (Å²) in [5, 5.41) is 3.56. The lowest BCUT2D eigenvalue weighted by Gasteiger charge is -2.41. The highest BCUT2D eigenvalue weighted by Gasteiger charge is 2.35. The van der Waals surface area contributed by atoms with Crippen LogP contribution in [0.3, 0.4) is 0 Å². The number of hydrogen-bond acceptors (Lipinski definition) is 3. The number of sulfone groups is 1. The maximum Gasteiger partial charge on any atom is 0.147 e. The van der Waals surface area contributed by atoms with Crippen molar-refractivity contribution in [3.05, 3.63) is 0 Å². The normalized spacial score (nSPS) is 27.2. The van der Waals surface area contributed by atoms with Gasteiger partial charge in [0.1, 0.15) is 9.84 Å². The van der Waals surface area contributed by atoms with E-state index in [2.05, 4.69) is 26.1 Å². The summed E-state index contributed by atoms with van der Waals surface area (Å²) in [7, 11) is -2.86. The Balaban J connectivity index is 2.58. The van der Waals surface area contributed by atoms with Crippen molar-refractivity contribution >= 4 is 9.84 Å². The average molecular weight is 318 g/mol. The minimum atomic E-state index is -2.86. The predicted molar refractivity (Wildman–Crippen MR) is 91.4 cm³/mol. The lowest BCUT2D eigenvalue weighted by molar-refractivity contribution is 0.131. The second-order valence-corrected chi connectivity index (χ2v) is 9.76. The highest BCUT2D eigenvalue weighted by Crippen LogP contribution is 2.43. The van der Waals surface area contributed by atoms with Crippen molar-refractivity contribution in [2.45, 2.75) is 78.2 Å². The Kier molecular flexibility index (Phi) is 7.69.